The van der Waals surface area contributed by atoms with E-state index in [1.165, 1.54) is 11.3 Å². The molecule has 1 heterocycles. The van der Waals surface area contributed by atoms with Gasteiger partial charge in [0.2, 0.25) is 0 Å². The highest BCUT2D eigenvalue weighted by molar-refractivity contribution is 9.10. The van der Waals surface area contributed by atoms with E-state index >= 15 is 0 Å². The molecular weight excluding hydrogens is 342 g/mol. The van der Waals surface area contributed by atoms with Crippen LogP contribution >= 0.6 is 27.3 Å². The number of nitrogens with zero attached hydrogens (tertiary/aromatic N) is 2. The van der Waals surface area contributed by atoms with Crippen molar-refractivity contribution in [2.24, 2.45) is 5.16 Å². The number of rotatable bonds is 3. The maximum Gasteiger partial charge on any atom is 0.257 e. The number of hydrogen-bond acceptors (Lipinski definition) is 5. The summed E-state index contributed by atoms with van der Waals surface area (Å²) >= 11 is 4.67. The van der Waals surface area contributed by atoms with E-state index in [0.29, 0.717) is 22.1 Å². The third-order valence-electron chi connectivity index (χ3n) is 2.68. The molecule has 7 heteroatoms. The van der Waals surface area contributed by atoms with Crippen molar-refractivity contribution in [3.8, 4) is 0 Å². The third kappa shape index (κ3) is 3.23. The van der Waals surface area contributed by atoms with Gasteiger partial charge in [-0.05, 0) is 31.5 Å². The lowest BCUT2D eigenvalue weighted by atomic mass is 10.1. The van der Waals surface area contributed by atoms with Crippen molar-refractivity contribution in [1.82, 2.24) is 4.98 Å². The summed E-state index contributed by atoms with van der Waals surface area (Å²) in [6, 6.07) is 5.39. The van der Waals surface area contributed by atoms with Crippen LogP contribution in [0.1, 0.15) is 28.5 Å². The summed E-state index contributed by atoms with van der Waals surface area (Å²) in [6.07, 6.45) is 0. The maximum absolute atomic E-state index is 12.1. The van der Waals surface area contributed by atoms with Gasteiger partial charge in [0.25, 0.3) is 5.91 Å². The zero-order chi connectivity index (χ0) is 14.7. The minimum atomic E-state index is -0.231. The number of thiazole rings is 1. The van der Waals surface area contributed by atoms with Gasteiger partial charge < -0.3 is 5.21 Å². The molecule has 0 radical (unpaired) electrons. The van der Waals surface area contributed by atoms with Gasteiger partial charge in [-0.3, -0.25) is 10.1 Å². The zero-order valence-corrected chi connectivity index (χ0v) is 13.2. The Morgan fingerprint density at radius 1 is 1.50 bits per heavy atom. The van der Waals surface area contributed by atoms with E-state index in [0.717, 1.165) is 10.0 Å². The van der Waals surface area contributed by atoms with E-state index in [2.05, 4.69) is 31.4 Å². The van der Waals surface area contributed by atoms with Crippen LogP contribution in [0, 0.1) is 6.92 Å². The van der Waals surface area contributed by atoms with Crippen molar-refractivity contribution in [3.63, 3.8) is 0 Å². The molecule has 0 aliphatic rings. The fraction of sp³-hybridized carbons (Fsp3) is 0.154. The Balaban J connectivity index is 2.15. The molecule has 1 aromatic heterocycles. The normalized spacial score (nSPS) is 11.4. The number of hydrogen-bond donors (Lipinski definition) is 2. The van der Waals surface area contributed by atoms with Crippen molar-refractivity contribution in [3.05, 3.63) is 44.9 Å². The molecule has 1 aromatic carbocycles. The number of aryl methyl sites for hydroxylation is 1. The Morgan fingerprint density at radius 3 is 2.90 bits per heavy atom. The average Bonchev–Trinajstić information content (AvgIpc) is 2.89. The molecule has 0 atom stereocenters. The summed E-state index contributed by atoms with van der Waals surface area (Å²) in [6.45, 7) is 3.59. The molecule has 2 aromatic rings. The van der Waals surface area contributed by atoms with Gasteiger partial charge >= 0.3 is 0 Å². The summed E-state index contributed by atoms with van der Waals surface area (Å²) in [5.74, 6) is -0.231. The number of halogens is 1. The maximum atomic E-state index is 12.1. The first-order chi connectivity index (χ1) is 9.51. The summed E-state index contributed by atoms with van der Waals surface area (Å²) < 4.78 is 0.883. The van der Waals surface area contributed by atoms with Crippen molar-refractivity contribution in [1.29, 1.82) is 0 Å². The average molecular weight is 354 g/mol. The molecule has 0 aliphatic heterocycles. The topological polar surface area (TPSA) is 74.6 Å². The Labute approximate surface area is 128 Å². The predicted octanol–water partition coefficient (Wildman–Crippen LogP) is 3.66. The fourth-order valence-corrected chi connectivity index (χ4v) is 2.58. The molecule has 5 nitrogen and oxygen atoms in total. The van der Waals surface area contributed by atoms with E-state index in [1.807, 2.05) is 13.0 Å². The number of oxime groups is 1. The van der Waals surface area contributed by atoms with Crippen LogP contribution in [0.15, 0.2) is 33.2 Å². The Morgan fingerprint density at radius 2 is 2.25 bits per heavy atom. The SMILES string of the molecule is C/C(=N/O)c1csc(NC(=O)c2ccc(C)c(Br)c2)n1. The molecule has 1 amide bonds. The van der Waals surface area contributed by atoms with Gasteiger partial charge in [0.15, 0.2) is 5.13 Å². The second-order valence-corrected chi connectivity index (χ2v) is 5.85. The predicted molar refractivity (Wildman–Crippen MR) is 82.9 cm³/mol. The molecule has 2 N–H and O–H groups in total. The van der Waals surface area contributed by atoms with Crippen LogP contribution in [-0.2, 0) is 0 Å². The van der Waals surface area contributed by atoms with Gasteiger partial charge in [-0.2, -0.15) is 0 Å². The standard InChI is InChI=1S/C13H12BrN3O2S/c1-7-3-4-9(5-10(7)14)12(18)16-13-15-11(6-20-13)8(2)17-19/h3-6,19H,1-2H3,(H,15,16,18)/b17-8-. The minimum absolute atomic E-state index is 0.231. The summed E-state index contributed by atoms with van der Waals surface area (Å²) in [4.78, 5) is 16.3. The first-order valence-electron chi connectivity index (χ1n) is 5.73. The molecule has 0 unspecified atom stereocenters. The number of carbonyl (C=O) groups excluding carboxylic acids is 1. The van der Waals surface area contributed by atoms with E-state index in [-0.39, 0.29) is 5.91 Å². The molecule has 0 saturated heterocycles. The first-order valence-corrected chi connectivity index (χ1v) is 7.40. The van der Waals surface area contributed by atoms with Crippen LogP contribution < -0.4 is 5.32 Å². The second-order valence-electron chi connectivity index (χ2n) is 4.14. The highest BCUT2D eigenvalue weighted by Gasteiger charge is 2.11. The van der Waals surface area contributed by atoms with Crippen LogP contribution in [0.2, 0.25) is 0 Å². The van der Waals surface area contributed by atoms with E-state index in [4.69, 9.17) is 5.21 Å². The molecule has 2 rings (SSSR count). The number of aromatic nitrogens is 1. The summed E-state index contributed by atoms with van der Waals surface area (Å²) in [5.41, 5.74) is 2.55. The zero-order valence-electron chi connectivity index (χ0n) is 10.8. The van der Waals surface area contributed by atoms with Gasteiger partial charge in [0, 0.05) is 15.4 Å². The molecular formula is C13H12BrN3O2S. The molecule has 0 saturated carbocycles. The first kappa shape index (κ1) is 14.7. The van der Waals surface area contributed by atoms with Crippen LogP contribution in [0.5, 0.6) is 0 Å². The summed E-state index contributed by atoms with van der Waals surface area (Å²) in [5, 5.41) is 16.6. The number of anilines is 1. The van der Waals surface area contributed by atoms with Gasteiger partial charge in [-0.15, -0.1) is 11.3 Å². The third-order valence-corrected chi connectivity index (χ3v) is 4.29. The smallest absolute Gasteiger partial charge is 0.257 e. The van der Waals surface area contributed by atoms with E-state index < -0.39 is 0 Å². The molecule has 0 aliphatic carbocycles. The lowest BCUT2D eigenvalue weighted by Gasteiger charge is -2.04. The highest BCUT2D eigenvalue weighted by Crippen LogP contribution is 2.20. The van der Waals surface area contributed by atoms with Crippen molar-refractivity contribution >= 4 is 44.0 Å². The highest BCUT2D eigenvalue weighted by atomic mass is 79.9. The number of carbonyl (C=O) groups is 1. The number of benzene rings is 1. The Bertz CT molecular complexity index is 682. The number of amides is 1. The lowest BCUT2D eigenvalue weighted by molar-refractivity contribution is 0.102. The van der Waals surface area contributed by atoms with Gasteiger partial charge in [-0.25, -0.2) is 4.98 Å². The monoisotopic (exact) mass is 353 g/mol. The number of nitrogens with one attached hydrogen (secondary N) is 1. The second kappa shape index (κ2) is 6.15. The molecule has 0 fully saturated rings. The van der Waals surface area contributed by atoms with Crippen molar-refractivity contribution < 1.29 is 10.0 Å². The van der Waals surface area contributed by atoms with Gasteiger partial charge in [0.1, 0.15) is 11.4 Å². The molecule has 20 heavy (non-hydrogen) atoms. The minimum Gasteiger partial charge on any atom is -0.411 e. The molecule has 104 valence electrons. The van der Waals surface area contributed by atoms with Crippen molar-refractivity contribution in [2.45, 2.75) is 13.8 Å². The molecule has 0 spiro atoms. The van der Waals surface area contributed by atoms with Gasteiger partial charge in [-0.1, -0.05) is 27.2 Å². The quantitative estimate of drug-likeness (QED) is 0.502. The van der Waals surface area contributed by atoms with Crippen molar-refractivity contribution in [2.75, 3.05) is 5.32 Å². The lowest BCUT2D eigenvalue weighted by Crippen LogP contribution is -2.12. The van der Waals surface area contributed by atoms with Crippen LogP contribution in [0.4, 0.5) is 5.13 Å². The van der Waals surface area contributed by atoms with Crippen LogP contribution in [-0.4, -0.2) is 21.8 Å². The Kier molecular flexibility index (Phi) is 4.51. The van der Waals surface area contributed by atoms with E-state index in [9.17, 15) is 4.79 Å². The fourth-order valence-electron chi connectivity index (χ4n) is 1.45. The van der Waals surface area contributed by atoms with Gasteiger partial charge in [0.05, 0.1) is 0 Å². The van der Waals surface area contributed by atoms with Crippen LogP contribution in [0.3, 0.4) is 0 Å². The van der Waals surface area contributed by atoms with Crippen LogP contribution in [0.25, 0.3) is 0 Å². The molecule has 0 bridgehead atoms. The van der Waals surface area contributed by atoms with E-state index in [1.54, 1.807) is 24.4 Å². The largest absolute Gasteiger partial charge is 0.411 e. The Hall–Kier alpha value is -1.73. The summed E-state index contributed by atoms with van der Waals surface area (Å²) in [7, 11) is 0.